The molecule has 0 saturated heterocycles. The number of nitro groups is 1. The van der Waals surface area contributed by atoms with E-state index in [1.54, 1.807) is 0 Å². The highest BCUT2D eigenvalue weighted by molar-refractivity contribution is 5.95. The summed E-state index contributed by atoms with van der Waals surface area (Å²) >= 11 is 0. The Bertz CT molecular complexity index is 560. The molecule has 0 spiro atoms. The summed E-state index contributed by atoms with van der Waals surface area (Å²) in [7, 11) is 0. The topological polar surface area (TPSA) is 98.3 Å². The van der Waals surface area contributed by atoms with Crippen LogP contribution < -0.4 is 11.1 Å². The number of nitrogens with one attached hydrogen (secondary N) is 1. The molecule has 1 aromatic carbocycles. The lowest BCUT2D eigenvalue weighted by Crippen LogP contribution is -2.37. The van der Waals surface area contributed by atoms with Crippen molar-refractivity contribution in [3.63, 3.8) is 0 Å². The summed E-state index contributed by atoms with van der Waals surface area (Å²) in [6.07, 6.45) is 6.71. The maximum absolute atomic E-state index is 12.3. The van der Waals surface area contributed by atoms with Gasteiger partial charge in [-0.2, -0.15) is 0 Å². The zero-order valence-corrected chi connectivity index (χ0v) is 12.9. The normalized spacial score (nSPS) is 20.8. The predicted octanol–water partition coefficient (Wildman–Crippen LogP) is 3.27. The number of nitrogens with zero attached hydrogens (tertiary/aromatic N) is 1. The highest BCUT2D eigenvalue weighted by Crippen LogP contribution is 2.30. The van der Waals surface area contributed by atoms with Crippen LogP contribution in [0.2, 0.25) is 0 Å². The molecule has 1 aliphatic carbocycles. The van der Waals surface area contributed by atoms with E-state index in [2.05, 4.69) is 12.2 Å². The number of nitro benzene ring substituents is 1. The van der Waals surface area contributed by atoms with Gasteiger partial charge in [0.1, 0.15) is 5.69 Å². The van der Waals surface area contributed by atoms with E-state index >= 15 is 0 Å². The monoisotopic (exact) mass is 305 g/mol. The van der Waals surface area contributed by atoms with Gasteiger partial charge >= 0.3 is 0 Å². The van der Waals surface area contributed by atoms with Gasteiger partial charge in [-0.05, 0) is 37.3 Å². The summed E-state index contributed by atoms with van der Waals surface area (Å²) in [6, 6.07) is 4.38. The van der Waals surface area contributed by atoms with Crippen molar-refractivity contribution in [2.45, 2.75) is 51.5 Å². The number of unbranched alkanes of at least 4 members (excludes halogenated alkanes) is 1. The molecule has 6 heteroatoms. The largest absolute Gasteiger partial charge is 0.393 e. The quantitative estimate of drug-likeness (QED) is 0.478. The van der Waals surface area contributed by atoms with E-state index in [1.807, 2.05) is 0 Å². The summed E-state index contributed by atoms with van der Waals surface area (Å²) in [5.74, 6) is 0.268. The minimum Gasteiger partial charge on any atom is -0.393 e. The lowest BCUT2D eigenvalue weighted by molar-refractivity contribution is -0.383. The molecule has 1 fully saturated rings. The van der Waals surface area contributed by atoms with Crippen molar-refractivity contribution in [2.24, 2.45) is 5.92 Å². The van der Waals surface area contributed by atoms with Crippen LogP contribution in [0.3, 0.4) is 0 Å². The molecule has 120 valence electrons. The molecule has 1 aromatic rings. The summed E-state index contributed by atoms with van der Waals surface area (Å²) in [5, 5.41) is 13.9. The number of carbonyl (C=O) groups excluding carboxylic acids is 1. The number of benzene rings is 1. The second-order valence-corrected chi connectivity index (χ2v) is 5.94. The molecule has 1 saturated carbocycles. The molecular weight excluding hydrogens is 282 g/mol. The highest BCUT2D eigenvalue weighted by Gasteiger charge is 2.28. The van der Waals surface area contributed by atoms with Gasteiger partial charge in [0.05, 0.1) is 4.92 Å². The Morgan fingerprint density at radius 3 is 2.91 bits per heavy atom. The highest BCUT2D eigenvalue weighted by atomic mass is 16.6. The fourth-order valence-electron chi connectivity index (χ4n) is 3.13. The molecule has 22 heavy (non-hydrogen) atoms. The third-order valence-electron chi connectivity index (χ3n) is 4.39. The zero-order valence-electron chi connectivity index (χ0n) is 12.9. The van der Waals surface area contributed by atoms with Gasteiger partial charge in [-0.1, -0.05) is 26.2 Å². The van der Waals surface area contributed by atoms with Crippen LogP contribution in [0.15, 0.2) is 18.2 Å². The van der Waals surface area contributed by atoms with E-state index < -0.39 is 4.92 Å². The van der Waals surface area contributed by atoms with E-state index in [0.29, 0.717) is 11.5 Å². The Labute approximate surface area is 130 Å². The van der Waals surface area contributed by atoms with Crippen LogP contribution in [0.5, 0.6) is 0 Å². The van der Waals surface area contributed by atoms with Crippen LogP contribution in [-0.2, 0) is 0 Å². The number of amides is 1. The molecule has 1 aliphatic rings. The number of rotatable bonds is 6. The van der Waals surface area contributed by atoms with Crippen LogP contribution in [0.4, 0.5) is 11.4 Å². The first kappa shape index (κ1) is 16.3. The number of nitrogen functional groups attached to an aromatic ring is 1. The third-order valence-corrected chi connectivity index (χ3v) is 4.39. The van der Waals surface area contributed by atoms with Crippen molar-refractivity contribution < 1.29 is 9.72 Å². The fraction of sp³-hybridized carbons (Fsp3) is 0.562. The summed E-state index contributed by atoms with van der Waals surface area (Å²) in [5.41, 5.74) is 5.70. The Morgan fingerprint density at radius 2 is 2.23 bits per heavy atom. The van der Waals surface area contributed by atoms with E-state index in [9.17, 15) is 14.9 Å². The van der Waals surface area contributed by atoms with Crippen molar-refractivity contribution in [3.05, 3.63) is 33.9 Å². The maximum Gasteiger partial charge on any atom is 0.292 e. The van der Waals surface area contributed by atoms with E-state index in [1.165, 1.54) is 24.6 Å². The Balaban J connectivity index is 2.05. The average molecular weight is 305 g/mol. The molecule has 0 aromatic heterocycles. The molecule has 3 N–H and O–H groups in total. The smallest absolute Gasteiger partial charge is 0.292 e. The molecule has 1 amide bonds. The first-order chi connectivity index (χ1) is 10.5. The van der Waals surface area contributed by atoms with Gasteiger partial charge in [0, 0.05) is 17.7 Å². The van der Waals surface area contributed by atoms with Crippen molar-refractivity contribution >= 4 is 17.3 Å². The first-order valence-corrected chi connectivity index (χ1v) is 7.87. The molecule has 0 bridgehead atoms. The Kier molecular flexibility index (Phi) is 5.35. The summed E-state index contributed by atoms with van der Waals surface area (Å²) in [4.78, 5) is 22.7. The third kappa shape index (κ3) is 3.75. The molecular formula is C16H23N3O3. The molecule has 2 atom stereocenters. The minimum atomic E-state index is -0.564. The standard InChI is InChI=1S/C16H23N3O3/c1-2-3-5-11-6-4-7-14(11)18-16(20)12-8-9-13(17)15(10-12)19(21)22/h8-11,14H,2-7,17H2,1H3,(H,18,20). The van der Waals surface area contributed by atoms with Crippen LogP contribution in [0.25, 0.3) is 0 Å². The van der Waals surface area contributed by atoms with Crippen molar-refractivity contribution in [1.82, 2.24) is 5.32 Å². The van der Waals surface area contributed by atoms with Gasteiger partial charge in [0.25, 0.3) is 11.6 Å². The van der Waals surface area contributed by atoms with Crippen molar-refractivity contribution in [2.75, 3.05) is 5.73 Å². The lowest BCUT2D eigenvalue weighted by atomic mass is 9.96. The van der Waals surface area contributed by atoms with Gasteiger partial charge in [-0.25, -0.2) is 0 Å². The van der Waals surface area contributed by atoms with Crippen LogP contribution in [-0.4, -0.2) is 16.9 Å². The van der Waals surface area contributed by atoms with E-state index in [4.69, 9.17) is 5.73 Å². The van der Waals surface area contributed by atoms with Gasteiger partial charge in [0.15, 0.2) is 0 Å². The zero-order chi connectivity index (χ0) is 16.1. The van der Waals surface area contributed by atoms with Crippen molar-refractivity contribution in [1.29, 1.82) is 0 Å². The van der Waals surface area contributed by atoms with Crippen LogP contribution in [0.1, 0.15) is 55.8 Å². The second-order valence-electron chi connectivity index (χ2n) is 5.94. The summed E-state index contributed by atoms with van der Waals surface area (Å²) < 4.78 is 0. The van der Waals surface area contributed by atoms with Gasteiger partial charge in [0.2, 0.25) is 0 Å². The van der Waals surface area contributed by atoms with Gasteiger partial charge in [-0.15, -0.1) is 0 Å². The van der Waals surface area contributed by atoms with Gasteiger partial charge in [-0.3, -0.25) is 14.9 Å². The molecule has 6 nitrogen and oxygen atoms in total. The number of carbonyl (C=O) groups is 1. The number of nitrogens with two attached hydrogens (primary N) is 1. The Hall–Kier alpha value is -2.11. The first-order valence-electron chi connectivity index (χ1n) is 7.87. The maximum atomic E-state index is 12.3. The molecule has 2 rings (SSSR count). The van der Waals surface area contributed by atoms with Crippen molar-refractivity contribution in [3.8, 4) is 0 Å². The second kappa shape index (κ2) is 7.24. The summed E-state index contributed by atoms with van der Waals surface area (Å²) in [6.45, 7) is 2.16. The molecule has 2 unspecified atom stereocenters. The fourth-order valence-corrected chi connectivity index (χ4v) is 3.13. The average Bonchev–Trinajstić information content (AvgIpc) is 2.92. The van der Waals surface area contributed by atoms with Crippen LogP contribution >= 0.6 is 0 Å². The van der Waals surface area contributed by atoms with Crippen LogP contribution in [0, 0.1) is 16.0 Å². The minimum absolute atomic E-state index is 0.0724. The number of anilines is 1. The lowest BCUT2D eigenvalue weighted by Gasteiger charge is -2.21. The SMILES string of the molecule is CCCCC1CCCC1NC(=O)c1ccc(N)c([N+](=O)[O-])c1. The Morgan fingerprint density at radius 1 is 1.45 bits per heavy atom. The van der Waals surface area contributed by atoms with Gasteiger partial charge < -0.3 is 11.1 Å². The van der Waals surface area contributed by atoms with E-state index in [0.717, 1.165) is 32.1 Å². The molecule has 0 radical (unpaired) electrons. The molecule has 0 heterocycles. The predicted molar refractivity (Wildman–Crippen MR) is 85.6 cm³/mol. The molecule has 0 aliphatic heterocycles. The number of hydrogen-bond acceptors (Lipinski definition) is 4. The van der Waals surface area contributed by atoms with E-state index in [-0.39, 0.29) is 23.3 Å². The number of hydrogen-bond donors (Lipinski definition) is 2.